The Balaban J connectivity index is 2.39. The number of rotatable bonds is 1. The molecule has 1 amide bonds. The molecule has 2 rings (SSSR count). The van der Waals surface area contributed by atoms with Gasteiger partial charge in [0.15, 0.2) is 0 Å². The van der Waals surface area contributed by atoms with Crippen molar-refractivity contribution in [2.75, 3.05) is 10.8 Å². The van der Waals surface area contributed by atoms with Gasteiger partial charge in [0.1, 0.15) is 12.1 Å². The maximum absolute atomic E-state index is 11.4. The van der Waals surface area contributed by atoms with E-state index in [1.165, 1.54) is 4.90 Å². The van der Waals surface area contributed by atoms with Crippen molar-refractivity contribution in [1.82, 2.24) is 0 Å². The highest BCUT2D eigenvalue weighted by molar-refractivity contribution is 6.29. The first-order valence-corrected chi connectivity index (χ1v) is 4.91. The first kappa shape index (κ1) is 9.49. The van der Waals surface area contributed by atoms with Crippen molar-refractivity contribution >= 4 is 23.2 Å². The van der Waals surface area contributed by atoms with E-state index in [1.807, 2.05) is 24.3 Å². The van der Waals surface area contributed by atoms with E-state index in [2.05, 4.69) is 0 Å². The molecule has 3 nitrogen and oxygen atoms in total. The van der Waals surface area contributed by atoms with Crippen molar-refractivity contribution in [3.05, 3.63) is 29.8 Å². The van der Waals surface area contributed by atoms with E-state index < -0.39 is 6.23 Å². The van der Waals surface area contributed by atoms with Crippen molar-refractivity contribution in [2.24, 2.45) is 0 Å². The number of para-hydroxylation sites is 1. The maximum atomic E-state index is 11.4. The average Bonchev–Trinajstić information content (AvgIpc) is 2.53. The van der Waals surface area contributed by atoms with Gasteiger partial charge in [-0.05, 0) is 11.6 Å². The van der Waals surface area contributed by atoms with Crippen LogP contribution in [0.3, 0.4) is 0 Å². The first-order valence-electron chi connectivity index (χ1n) is 4.38. The zero-order chi connectivity index (χ0) is 10.1. The Morgan fingerprint density at radius 1 is 1.57 bits per heavy atom. The van der Waals surface area contributed by atoms with Gasteiger partial charge in [-0.1, -0.05) is 18.2 Å². The van der Waals surface area contributed by atoms with Gasteiger partial charge in [-0.15, -0.1) is 11.6 Å². The van der Waals surface area contributed by atoms with Crippen molar-refractivity contribution in [3.63, 3.8) is 0 Å². The van der Waals surface area contributed by atoms with Crippen LogP contribution >= 0.6 is 11.6 Å². The van der Waals surface area contributed by atoms with Gasteiger partial charge in [0, 0.05) is 12.1 Å². The number of hydrogen-bond donors (Lipinski definition) is 1. The van der Waals surface area contributed by atoms with Crippen LogP contribution in [0.1, 0.15) is 5.56 Å². The van der Waals surface area contributed by atoms with Crippen LogP contribution in [-0.4, -0.2) is 23.1 Å². The summed E-state index contributed by atoms with van der Waals surface area (Å²) >= 11 is 5.46. The largest absolute Gasteiger partial charge is 0.373 e. The molecule has 74 valence electrons. The summed E-state index contributed by atoms with van der Waals surface area (Å²) < 4.78 is 0. The molecule has 1 N–H and O–H groups in total. The molecule has 14 heavy (non-hydrogen) atoms. The van der Waals surface area contributed by atoms with Crippen molar-refractivity contribution in [2.45, 2.75) is 12.6 Å². The second-order valence-electron chi connectivity index (χ2n) is 3.21. The Morgan fingerprint density at radius 3 is 3.00 bits per heavy atom. The summed E-state index contributed by atoms with van der Waals surface area (Å²) in [5, 5.41) is 9.66. The molecule has 0 saturated heterocycles. The number of halogens is 1. The monoisotopic (exact) mass is 211 g/mol. The summed E-state index contributed by atoms with van der Waals surface area (Å²) in [6.07, 6.45) is -0.280. The lowest BCUT2D eigenvalue weighted by Gasteiger charge is -2.20. The van der Waals surface area contributed by atoms with E-state index >= 15 is 0 Å². The third-order valence-electron chi connectivity index (χ3n) is 2.33. The summed E-state index contributed by atoms with van der Waals surface area (Å²) in [4.78, 5) is 12.8. The van der Waals surface area contributed by atoms with Crippen molar-refractivity contribution in [1.29, 1.82) is 0 Å². The quantitative estimate of drug-likeness (QED) is 0.708. The van der Waals surface area contributed by atoms with Gasteiger partial charge in [-0.3, -0.25) is 9.69 Å². The molecule has 0 aromatic heterocycles. The first-order chi connectivity index (χ1) is 6.74. The second kappa shape index (κ2) is 3.59. The summed E-state index contributed by atoms with van der Waals surface area (Å²) in [6, 6.07) is 7.45. The molecule has 0 saturated carbocycles. The second-order valence-corrected chi connectivity index (χ2v) is 3.48. The summed E-state index contributed by atoms with van der Waals surface area (Å²) in [7, 11) is 0. The number of fused-ring (bicyclic) bond motifs is 1. The van der Waals surface area contributed by atoms with Crippen LogP contribution in [0, 0.1) is 0 Å². The van der Waals surface area contributed by atoms with Gasteiger partial charge < -0.3 is 5.11 Å². The number of carbonyl (C=O) groups excluding carboxylic acids is 1. The van der Waals surface area contributed by atoms with Gasteiger partial charge in [0.25, 0.3) is 0 Å². The molecule has 0 fully saturated rings. The van der Waals surface area contributed by atoms with E-state index in [4.69, 9.17) is 11.6 Å². The van der Waals surface area contributed by atoms with Gasteiger partial charge in [-0.2, -0.15) is 0 Å². The van der Waals surface area contributed by atoms with E-state index in [0.717, 1.165) is 11.3 Å². The van der Waals surface area contributed by atoms with Crippen LogP contribution in [0.5, 0.6) is 0 Å². The van der Waals surface area contributed by atoms with Crippen LogP contribution < -0.4 is 4.90 Å². The standard InChI is InChI=1S/C10H10ClNO2/c11-6-10(14)12-8-4-2-1-3-7(8)5-9(12)13/h1-4,9,13H,5-6H2. The van der Waals surface area contributed by atoms with Crippen LogP contribution in [0.4, 0.5) is 5.69 Å². The molecule has 1 aromatic rings. The molecule has 0 aliphatic carbocycles. The minimum atomic E-state index is -0.765. The third kappa shape index (κ3) is 1.38. The van der Waals surface area contributed by atoms with E-state index in [9.17, 15) is 9.90 Å². The Kier molecular flexibility index (Phi) is 2.44. The highest BCUT2D eigenvalue weighted by atomic mass is 35.5. The Hall–Kier alpha value is -1.06. The molecule has 1 atom stereocenters. The lowest BCUT2D eigenvalue weighted by atomic mass is 10.2. The topological polar surface area (TPSA) is 40.5 Å². The number of alkyl halides is 1. The molecule has 4 heteroatoms. The highest BCUT2D eigenvalue weighted by Gasteiger charge is 2.31. The van der Waals surface area contributed by atoms with Crippen LogP contribution in [0.2, 0.25) is 0 Å². The fraction of sp³-hybridized carbons (Fsp3) is 0.300. The Bertz CT molecular complexity index is 367. The summed E-state index contributed by atoms with van der Waals surface area (Å²) in [5.41, 5.74) is 1.75. The molecule has 1 unspecified atom stereocenters. The predicted molar refractivity (Wildman–Crippen MR) is 54.4 cm³/mol. The number of carbonyl (C=O) groups is 1. The number of anilines is 1. The number of nitrogens with zero attached hydrogens (tertiary/aromatic N) is 1. The van der Waals surface area contributed by atoms with Crippen LogP contribution in [-0.2, 0) is 11.2 Å². The number of hydrogen-bond acceptors (Lipinski definition) is 2. The van der Waals surface area contributed by atoms with E-state index in [1.54, 1.807) is 0 Å². The lowest BCUT2D eigenvalue weighted by Crippen LogP contribution is -2.38. The Morgan fingerprint density at radius 2 is 2.29 bits per heavy atom. The molecule has 1 heterocycles. The van der Waals surface area contributed by atoms with Gasteiger partial charge in [0.2, 0.25) is 5.91 Å². The summed E-state index contributed by atoms with van der Waals surface area (Å²) in [5.74, 6) is -0.366. The maximum Gasteiger partial charge on any atom is 0.244 e. The number of benzene rings is 1. The molecular weight excluding hydrogens is 202 g/mol. The predicted octanol–water partition coefficient (Wildman–Crippen LogP) is 1.13. The van der Waals surface area contributed by atoms with Crippen molar-refractivity contribution in [3.8, 4) is 0 Å². The average molecular weight is 212 g/mol. The van der Waals surface area contributed by atoms with Gasteiger partial charge in [-0.25, -0.2) is 0 Å². The number of aliphatic hydroxyl groups is 1. The minimum Gasteiger partial charge on any atom is -0.373 e. The van der Waals surface area contributed by atoms with Crippen LogP contribution in [0.15, 0.2) is 24.3 Å². The fourth-order valence-corrected chi connectivity index (χ4v) is 1.86. The zero-order valence-electron chi connectivity index (χ0n) is 7.48. The number of amides is 1. The normalized spacial score (nSPS) is 19.6. The third-order valence-corrected chi connectivity index (χ3v) is 2.56. The Labute approximate surface area is 86.9 Å². The zero-order valence-corrected chi connectivity index (χ0v) is 8.24. The van der Waals surface area contributed by atoms with E-state index in [-0.39, 0.29) is 11.8 Å². The van der Waals surface area contributed by atoms with Gasteiger partial charge in [0.05, 0.1) is 0 Å². The molecule has 1 aliphatic rings. The molecule has 1 aliphatic heterocycles. The molecule has 0 bridgehead atoms. The van der Waals surface area contributed by atoms with Gasteiger partial charge >= 0.3 is 0 Å². The SMILES string of the molecule is O=C(CCl)N1c2ccccc2CC1O. The van der Waals surface area contributed by atoms with Crippen LogP contribution in [0.25, 0.3) is 0 Å². The summed E-state index contributed by atoms with van der Waals surface area (Å²) in [6.45, 7) is 0. The smallest absolute Gasteiger partial charge is 0.244 e. The lowest BCUT2D eigenvalue weighted by molar-refractivity contribution is -0.117. The highest BCUT2D eigenvalue weighted by Crippen LogP contribution is 2.30. The fourth-order valence-electron chi connectivity index (χ4n) is 1.73. The van der Waals surface area contributed by atoms with Crippen molar-refractivity contribution < 1.29 is 9.90 Å². The van der Waals surface area contributed by atoms with E-state index in [0.29, 0.717) is 6.42 Å². The minimum absolute atomic E-state index is 0.106. The molecular formula is C10H10ClNO2. The number of aliphatic hydroxyl groups excluding tert-OH is 1. The molecule has 0 spiro atoms. The molecule has 0 radical (unpaired) electrons. The molecule has 1 aromatic carbocycles.